The van der Waals surface area contributed by atoms with Gasteiger partial charge in [0.25, 0.3) is 11.8 Å². The molecule has 1 aliphatic heterocycles. The lowest BCUT2D eigenvalue weighted by atomic mass is 10.1. The van der Waals surface area contributed by atoms with Crippen molar-refractivity contribution < 1.29 is 28.9 Å². The summed E-state index contributed by atoms with van der Waals surface area (Å²) in [6.07, 6.45) is 2.72. The number of rotatable bonds is 10. The third-order valence-electron chi connectivity index (χ3n) is 3.76. The summed E-state index contributed by atoms with van der Waals surface area (Å²) in [7, 11) is 0. The smallest absolute Gasteiger partial charge is 0.328 e. The van der Waals surface area contributed by atoms with Crippen LogP contribution < -0.4 is 5.48 Å². The van der Waals surface area contributed by atoms with Crippen molar-refractivity contribution in [3.63, 3.8) is 0 Å². The van der Waals surface area contributed by atoms with Gasteiger partial charge in [0, 0.05) is 19.4 Å². The third kappa shape index (κ3) is 6.00. The van der Waals surface area contributed by atoms with Crippen LogP contribution in [0.15, 0.2) is 0 Å². The van der Waals surface area contributed by atoms with E-state index in [4.69, 9.17) is 9.68 Å². The van der Waals surface area contributed by atoms with Gasteiger partial charge in [0.2, 0.25) is 0 Å². The van der Waals surface area contributed by atoms with E-state index < -0.39 is 29.9 Å². The van der Waals surface area contributed by atoms with Gasteiger partial charge in [-0.1, -0.05) is 26.7 Å². The van der Waals surface area contributed by atoms with Crippen molar-refractivity contribution in [1.29, 1.82) is 0 Å². The normalized spacial score (nSPS) is 15.2. The number of unbranched alkanes of at least 4 members (excludes halogenated alkanes) is 1. The lowest BCUT2D eigenvalue weighted by molar-refractivity contribution is -0.200. The summed E-state index contributed by atoms with van der Waals surface area (Å²) in [6.45, 7) is 6.19. The van der Waals surface area contributed by atoms with Crippen LogP contribution in [0.4, 0.5) is 4.79 Å². The number of amides is 4. The topological polar surface area (TPSA) is 105 Å². The Balaban J connectivity index is 2.73. The summed E-state index contributed by atoms with van der Waals surface area (Å²) in [5, 5.41) is 0.495. The van der Waals surface area contributed by atoms with Crippen molar-refractivity contribution in [2.75, 3.05) is 13.2 Å². The number of hydrogen-bond donors (Lipinski definition) is 1. The van der Waals surface area contributed by atoms with Crippen LogP contribution in [0.3, 0.4) is 0 Å². The second kappa shape index (κ2) is 10.7. The molecule has 25 heavy (non-hydrogen) atoms. The van der Waals surface area contributed by atoms with E-state index in [0.29, 0.717) is 24.5 Å². The Labute approximate surface area is 147 Å². The van der Waals surface area contributed by atoms with Crippen LogP contribution in [0.1, 0.15) is 59.3 Å². The highest BCUT2D eigenvalue weighted by Crippen LogP contribution is 2.16. The van der Waals surface area contributed by atoms with Crippen LogP contribution in [0.2, 0.25) is 0 Å². The van der Waals surface area contributed by atoms with Crippen molar-refractivity contribution >= 4 is 23.8 Å². The molecule has 4 amide bonds. The van der Waals surface area contributed by atoms with E-state index in [1.165, 1.54) is 4.90 Å². The third-order valence-corrected chi connectivity index (χ3v) is 3.76. The van der Waals surface area contributed by atoms with Gasteiger partial charge in [0.15, 0.2) is 0 Å². The zero-order chi connectivity index (χ0) is 18.8. The zero-order valence-corrected chi connectivity index (χ0v) is 15.1. The van der Waals surface area contributed by atoms with Gasteiger partial charge in [-0.25, -0.2) is 15.1 Å². The summed E-state index contributed by atoms with van der Waals surface area (Å²) in [5.41, 5.74) is 2.31. The molecule has 0 unspecified atom stereocenters. The molecular formula is C16H27N3O6. The number of carbonyl (C=O) groups is 4. The van der Waals surface area contributed by atoms with Crippen LogP contribution in [-0.2, 0) is 24.1 Å². The zero-order valence-electron chi connectivity index (χ0n) is 15.1. The number of urea groups is 1. The molecule has 0 aliphatic carbocycles. The van der Waals surface area contributed by atoms with E-state index in [-0.39, 0.29) is 19.4 Å². The van der Waals surface area contributed by atoms with Crippen molar-refractivity contribution in [1.82, 2.24) is 15.4 Å². The molecule has 1 N–H and O–H groups in total. The first kappa shape index (κ1) is 20.9. The van der Waals surface area contributed by atoms with Crippen LogP contribution in [0.5, 0.6) is 0 Å². The second-order valence-corrected chi connectivity index (χ2v) is 5.69. The largest absolute Gasteiger partial charge is 0.355 e. The minimum atomic E-state index is -0.911. The highest BCUT2D eigenvalue weighted by atomic mass is 16.7. The Bertz CT molecular complexity index is 480. The van der Waals surface area contributed by atoms with Gasteiger partial charge in [-0.3, -0.25) is 14.4 Å². The number of nitrogens with one attached hydrogen (secondary N) is 1. The van der Waals surface area contributed by atoms with Crippen molar-refractivity contribution in [2.24, 2.45) is 0 Å². The highest BCUT2D eigenvalue weighted by Gasteiger charge is 2.37. The summed E-state index contributed by atoms with van der Waals surface area (Å²) >= 11 is 0. The minimum Gasteiger partial charge on any atom is -0.328 e. The summed E-state index contributed by atoms with van der Waals surface area (Å²) in [5.74, 6) is -1.91. The molecule has 0 spiro atoms. The summed E-state index contributed by atoms with van der Waals surface area (Å²) in [6, 6.07) is -1.47. The molecule has 0 radical (unpaired) electrons. The number of likely N-dealkylation sites (N-methyl/N-ethyl adjacent to an activating group) is 1. The Morgan fingerprint density at radius 3 is 2.32 bits per heavy atom. The lowest BCUT2D eigenvalue weighted by Crippen LogP contribution is -2.51. The van der Waals surface area contributed by atoms with Gasteiger partial charge in [-0.15, -0.1) is 5.06 Å². The first-order valence-electron chi connectivity index (χ1n) is 8.72. The predicted molar refractivity (Wildman–Crippen MR) is 87.6 cm³/mol. The maximum atomic E-state index is 12.4. The Morgan fingerprint density at radius 2 is 1.80 bits per heavy atom. The molecule has 0 aromatic rings. The van der Waals surface area contributed by atoms with E-state index in [1.54, 1.807) is 6.92 Å². The molecule has 0 aromatic carbocycles. The first-order valence-corrected chi connectivity index (χ1v) is 8.72. The molecule has 1 aliphatic rings. The summed E-state index contributed by atoms with van der Waals surface area (Å²) < 4.78 is 0. The van der Waals surface area contributed by atoms with Gasteiger partial charge in [-0.05, 0) is 19.8 Å². The van der Waals surface area contributed by atoms with Gasteiger partial charge in [0.05, 0.1) is 6.61 Å². The number of hydroxylamine groups is 3. The molecule has 9 nitrogen and oxygen atoms in total. The molecule has 1 rings (SSSR count). The molecule has 1 fully saturated rings. The molecule has 1 atom stereocenters. The molecule has 1 saturated heterocycles. The SMILES string of the molecule is CCCCONC(=O)N(CC)[C@@H](CCC)C(=O)ON1C(=O)CCC1=O. The Kier molecular flexibility index (Phi) is 8.90. The van der Waals surface area contributed by atoms with E-state index >= 15 is 0 Å². The minimum absolute atomic E-state index is 0.0216. The molecule has 0 aromatic heterocycles. The van der Waals surface area contributed by atoms with E-state index in [1.807, 2.05) is 13.8 Å². The molecule has 142 valence electrons. The molecule has 0 saturated carbocycles. The number of nitrogens with zero attached hydrogens (tertiary/aromatic N) is 2. The van der Waals surface area contributed by atoms with E-state index in [9.17, 15) is 19.2 Å². The van der Waals surface area contributed by atoms with Crippen LogP contribution in [-0.4, -0.2) is 53.0 Å². The van der Waals surface area contributed by atoms with E-state index in [2.05, 4.69) is 5.48 Å². The second-order valence-electron chi connectivity index (χ2n) is 5.69. The number of carbonyl (C=O) groups excluding carboxylic acids is 4. The first-order chi connectivity index (χ1) is 12.0. The fourth-order valence-electron chi connectivity index (χ4n) is 2.38. The Hall–Kier alpha value is -2.16. The maximum absolute atomic E-state index is 12.4. The van der Waals surface area contributed by atoms with Gasteiger partial charge in [-0.2, -0.15) is 0 Å². The summed E-state index contributed by atoms with van der Waals surface area (Å²) in [4.78, 5) is 59.2. The van der Waals surface area contributed by atoms with Crippen molar-refractivity contribution in [3.8, 4) is 0 Å². The quantitative estimate of drug-likeness (QED) is 0.361. The monoisotopic (exact) mass is 357 g/mol. The van der Waals surface area contributed by atoms with Gasteiger partial charge < -0.3 is 9.74 Å². The Morgan fingerprint density at radius 1 is 1.16 bits per heavy atom. The van der Waals surface area contributed by atoms with Crippen LogP contribution >= 0.6 is 0 Å². The molecule has 0 bridgehead atoms. The standard InChI is InChI=1S/C16H27N3O6/c1-4-7-11-24-17-16(23)18(6-3)12(8-5-2)15(22)25-19-13(20)9-10-14(19)21/h12H,4-11H2,1-3H3,(H,17,23)/t12-/m0/s1. The van der Waals surface area contributed by atoms with Crippen molar-refractivity contribution in [2.45, 2.75) is 65.3 Å². The van der Waals surface area contributed by atoms with Crippen molar-refractivity contribution in [3.05, 3.63) is 0 Å². The average molecular weight is 357 g/mol. The van der Waals surface area contributed by atoms with Gasteiger partial charge in [0.1, 0.15) is 6.04 Å². The predicted octanol–water partition coefficient (Wildman–Crippen LogP) is 1.53. The number of imide groups is 1. The lowest BCUT2D eigenvalue weighted by Gasteiger charge is -2.29. The highest BCUT2D eigenvalue weighted by molar-refractivity contribution is 6.01. The van der Waals surface area contributed by atoms with Crippen LogP contribution in [0.25, 0.3) is 0 Å². The van der Waals surface area contributed by atoms with Crippen LogP contribution in [0, 0.1) is 0 Å². The van der Waals surface area contributed by atoms with E-state index in [0.717, 1.165) is 12.8 Å². The van der Waals surface area contributed by atoms with Gasteiger partial charge >= 0.3 is 12.0 Å². The molecule has 9 heteroatoms. The molecule has 1 heterocycles. The number of hydrogen-bond acceptors (Lipinski definition) is 6. The average Bonchev–Trinajstić information content (AvgIpc) is 2.90. The fraction of sp³-hybridized carbons (Fsp3) is 0.750. The fourth-order valence-corrected chi connectivity index (χ4v) is 2.38. The molecular weight excluding hydrogens is 330 g/mol. The maximum Gasteiger partial charge on any atom is 0.355 e.